The van der Waals surface area contributed by atoms with Gasteiger partial charge in [0, 0.05) is 20.3 Å². The van der Waals surface area contributed by atoms with Crippen LogP contribution < -0.4 is 0 Å². The summed E-state index contributed by atoms with van der Waals surface area (Å²) in [6.45, 7) is 38.8. The summed E-state index contributed by atoms with van der Waals surface area (Å²) >= 11 is 0. The van der Waals surface area contributed by atoms with Crippen LogP contribution in [0.15, 0.2) is 12.2 Å². The first-order chi connectivity index (χ1) is 24.7. The van der Waals surface area contributed by atoms with Crippen molar-refractivity contribution in [1.29, 1.82) is 0 Å². The van der Waals surface area contributed by atoms with Gasteiger partial charge in [-0.25, -0.2) is 0 Å². The van der Waals surface area contributed by atoms with Gasteiger partial charge >= 0.3 is 0 Å². The van der Waals surface area contributed by atoms with Gasteiger partial charge in [-0.05, 0) is 153 Å². The van der Waals surface area contributed by atoms with E-state index in [9.17, 15) is 5.11 Å². The van der Waals surface area contributed by atoms with Gasteiger partial charge in [-0.3, -0.25) is 0 Å². The van der Waals surface area contributed by atoms with Crippen LogP contribution in [0.5, 0.6) is 0 Å². The van der Waals surface area contributed by atoms with Crippen molar-refractivity contribution >= 4 is 0 Å². The molecule has 1 saturated heterocycles. The number of rotatable bonds is 1. The summed E-state index contributed by atoms with van der Waals surface area (Å²) in [6, 6.07) is 0. The number of allylic oxidation sites excluding steroid dienone is 2. The molecule has 1 N–H and O–H groups in total. The highest BCUT2D eigenvalue weighted by Crippen LogP contribution is 2.40. The molecule has 59 heavy (non-hydrogen) atoms. The second-order valence-corrected chi connectivity index (χ2v) is 23.7. The van der Waals surface area contributed by atoms with Crippen molar-refractivity contribution in [2.75, 3.05) is 20.3 Å². The molecule has 3 saturated carbocycles. The first-order valence-corrected chi connectivity index (χ1v) is 23.2. The molecule has 0 bridgehead atoms. The molecule has 0 amide bonds. The summed E-state index contributed by atoms with van der Waals surface area (Å²) < 4.78 is 10.6. The van der Waals surface area contributed by atoms with E-state index in [-0.39, 0.29) is 43.2 Å². The molecule has 5 rings (SSSR count). The van der Waals surface area contributed by atoms with Crippen LogP contribution in [0.3, 0.4) is 0 Å². The van der Waals surface area contributed by atoms with Crippen molar-refractivity contribution in [2.45, 2.75) is 282 Å². The van der Waals surface area contributed by atoms with Crippen molar-refractivity contribution in [3.63, 3.8) is 0 Å². The van der Waals surface area contributed by atoms with Gasteiger partial charge in [-0.15, -0.1) is 0 Å². The van der Waals surface area contributed by atoms with Gasteiger partial charge in [0.1, 0.15) is 0 Å². The number of ether oxygens (including phenoxy) is 2. The lowest BCUT2D eigenvalue weighted by molar-refractivity contribution is 0.0286. The predicted molar refractivity (Wildman–Crippen MR) is 275 cm³/mol. The molecule has 1 aliphatic heterocycles. The lowest BCUT2D eigenvalue weighted by atomic mass is 9.72. The third-order valence-electron chi connectivity index (χ3n) is 12.6. The largest absolute Gasteiger partial charge is 0.393 e. The monoisotopic (exact) mass is 843 g/mol. The lowest BCUT2D eigenvalue weighted by Crippen LogP contribution is -2.28. The summed E-state index contributed by atoms with van der Waals surface area (Å²) in [5.41, 5.74) is 2.50. The van der Waals surface area contributed by atoms with E-state index in [1.54, 1.807) is 0 Å². The zero-order valence-corrected chi connectivity index (χ0v) is 40.2. The number of hydrogen-bond acceptors (Lipinski definition) is 3. The van der Waals surface area contributed by atoms with Crippen LogP contribution in [0.1, 0.15) is 270 Å². The van der Waals surface area contributed by atoms with E-state index in [1.807, 2.05) is 7.11 Å². The van der Waals surface area contributed by atoms with E-state index < -0.39 is 0 Å². The van der Waals surface area contributed by atoms with Crippen LogP contribution in [0.25, 0.3) is 0 Å². The Kier molecular flexibility index (Phi) is 41.7. The second-order valence-electron chi connectivity index (χ2n) is 23.7. The van der Waals surface area contributed by atoms with Gasteiger partial charge in [0.05, 0.1) is 12.2 Å². The zero-order valence-electron chi connectivity index (χ0n) is 40.2. The third kappa shape index (κ3) is 39.0. The first kappa shape index (κ1) is 70.3. The van der Waals surface area contributed by atoms with Gasteiger partial charge < -0.3 is 14.6 Å². The molecule has 4 fully saturated rings. The Morgan fingerprint density at radius 2 is 0.695 bits per heavy atom. The molecule has 4 aliphatic carbocycles. The SMILES string of the molecule is C.C.C.C.C.C1=CCCCC1.CC(C)(C)C.CC(C)(C)C1CCC(O)CC1.CC(C)(C)C1CCCCC1.CC(C)(C)C1CCOCC1.COC1CCC(C(C)(C)C)CC1. The number of aliphatic hydroxyl groups excluding tert-OH is 1. The minimum atomic E-state index is -0.00593. The van der Waals surface area contributed by atoms with Gasteiger partial charge in [0.15, 0.2) is 0 Å². The molecule has 0 aromatic heterocycles. The number of hydrogen-bond donors (Lipinski definition) is 1. The summed E-state index contributed by atoms with van der Waals surface area (Å²) in [7, 11) is 1.84. The highest BCUT2D eigenvalue weighted by molar-refractivity contribution is 4.85. The standard InChI is InChI=1S/C11H22O.C10H20O.C10H20.C9H18O.C6H10.C5H12.5CH4/c1-11(2,3)9-5-7-10(12-4)8-6-9;1-10(2,3)8-4-6-9(11)7-5-8;1-10(2,3)9-7-5-4-6-8-9;1-9(2,3)8-4-6-10-7-5-8;1-2-4-6-5-3-1;1-5(2,3)4;;;;;/h9-10H,5-8H2,1-4H3;8-9,11H,4-7H2,1-3H3;9H,4-8H2,1-3H3;8H,4-7H2,1-3H3;1-2H,3-6H2;1-4H3;5*1H4. The maximum absolute atomic E-state index is 9.29. The van der Waals surface area contributed by atoms with Crippen LogP contribution in [-0.4, -0.2) is 37.6 Å². The fourth-order valence-electron chi connectivity index (χ4n) is 8.40. The molecular weight excluding hydrogens is 721 g/mol. The minimum absolute atomic E-state index is 0. The Bertz CT molecular complexity index is 845. The van der Waals surface area contributed by atoms with E-state index in [1.165, 1.54) is 109 Å². The molecule has 5 aliphatic rings. The summed E-state index contributed by atoms with van der Waals surface area (Å²) in [5, 5.41) is 9.29. The van der Waals surface area contributed by atoms with Crippen LogP contribution in [0.2, 0.25) is 0 Å². The Morgan fingerprint density at radius 3 is 0.932 bits per heavy atom. The fourth-order valence-corrected chi connectivity index (χ4v) is 8.40. The van der Waals surface area contributed by atoms with Crippen molar-refractivity contribution in [3.05, 3.63) is 12.2 Å². The molecule has 1 heterocycles. The zero-order chi connectivity index (χ0) is 41.6. The number of aliphatic hydroxyl groups is 1. The maximum Gasteiger partial charge on any atom is 0.0571 e. The van der Waals surface area contributed by atoms with Crippen molar-refractivity contribution < 1.29 is 14.6 Å². The van der Waals surface area contributed by atoms with E-state index >= 15 is 0 Å². The lowest BCUT2D eigenvalue weighted by Gasteiger charge is -2.36. The summed E-state index contributed by atoms with van der Waals surface area (Å²) in [5.74, 6) is 3.61. The van der Waals surface area contributed by atoms with Gasteiger partial charge in [0.25, 0.3) is 0 Å². The van der Waals surface area contributed by atoms with E-state index in [0.717, 1.165) is 49.7 Å². The molecule has 3 heteroatoms. The summed E-state index contributed by atoms with van der Waals surface area (Å²) in [6.07, 6.45) is 30.1. The molecular formula is C56H122O3. The van der Waals surface area contributed by atoms with Crippen LogP contribution >= 0.6 is 0 Å². The Labute approximate surface area is 378 Å². The smallest absolute Gasteiger partial charge is 0.0571 e. The third-order valence-corrected chi connectivity index (χ3v) is 12.6. The molecule has 3 nitrogen and oxygen atoms in total. The molecule has 0 atom stereocenters. The highest BCUT2D eigenvalue weighted by atomic mass is 16.5. The highest BCUT2D eigenvalue weighted by Gasteiger charge is 2.30. The minimum Gasteiger partial charge on any atom is -0.393 e. The van der Waals surface area contributed by atoms with Crippen molar-refractivity contribution in [3.8, 4) is 0 Å². The molecule has 0 spiro atoms. The Balaban J connectivity index is -0.000000143. The fraction of sp³-hybridized carbons (Fsp3) is 0.964. The normalized spacial score (nSPS) is 23.8. The molecule has 364 valence electrons. The van der Waals surface area contributed by atoms with Gasteiger partial charge in [-0.1, -0.05) is 179 Å². The maximum atomic E-state index is 9.29. The molecule has 0 radical (unpaired) electrons. The first-order valence-electron chi connectivity index (χ1n) is 23.2. The average Bonchev–Trinajstić information content (AvgIpc) is 3.09. The van der Waals surface area contributed by atoms with E-state index in [0.29, 0.717) is 33.2 Å². The molecule has 0 unspecified atom stereocenters. The van der Waals surface area contributed by atoms with Gasteiger partial charge in [-0.2, -0.15) is 0 Å². The van der Waals surface area contributed by atoms with Gasteiger partial charge in [0.2, 0.25) is 0 Å². The second kappa shape index (κ2) is 35.0. The van der Waals surface area contributed by atoms with Crippen molar-refractivity contribution in [1.82, 2.24) is 0 Å². The molecule has 0 aromatic carbocycles. The quantitative estimate of drug-likeness (QED) is 0.267. The Hall–Kier alpha value is -0.380. The van der Waals surface area contributed by atoms with Crippen LogP contribution in [0.4, 0.5) is 0 Å². The van der Waals surface area contributed by atoms with Crippen LogP contribution in [-0.2, 0) is 9.47 Å². The van der Waals surface area contributed by atoms with Crippen molar-refractivity contribution in [2.24, 2.45) is 50.7 Å². The summed E-state index contributed by atoms with van der Waals surface area (Å²) in [4.78, 5) is 0. The van der Waals surface area contributed by atoms with E-state index in [4.69, 9.17) is 9.47 Å². The average molecular weight is 844 g/mol. The molecule has 0 aromatic rings. The number of methoxy groups -OCH3 is 1. The predicted octanol–water partition coefficient (Wildman–Crippen LogP) is 19.2. The van der Waals surface area contributed by atoms with Crippen LogP contribution in [0, 0.1) is 50.7 Å². The van der Waals surface area contributed by atoms with E-state index in [2.05, 4.69) is 123 Å². The topological polar surface area (TPSA) is 38.7 Å². The Morgan fingerprint density at radius 1 is 0.407 bits per heavy atom.